The zero-order valence-electron chi connectivity index (χ0n) is 15.9. The van der Waals surface area contributed by atoms with Gasteiger partial charge in [0, 0.05) is 12.6 Å². The molecule has 144 valence electrons. The lowest BCUT2D eigenvalue weighted by molar-refractivity contribution is -0.131. The zero-order valence-corrected chi connectivity index (χ0v) is 16.7. The van der Waals surface area contributed by atoms with Crippen molar-refractivity contribution in [3.8, 4) is 5.69 Å². The van der Waals surface area contributed by atoms with Gasteiger partial charge < -0.3 is 4.90 Å². The monoisotopic (exact) mass is 393 g/mol. The van der Waals surface area contributed by atoms with Crippen molar-refractivity contribution < 1.29 is 4.79 Å². The first kappa shape index (κ1) is 18.7. The molecule has 0 aliphatic carbocycles. The van der Waals surface area contributed by atoms with Gasteiger partial charge in [0.25, 0.3) is 5.56 Å². The molecule has 1 atom stereocenters. The zero-order chi connectivity index (χ0) is 19.5. The molecule has 1 saturated heterocycles. The summed E-state index contributed by atoms with van der Waals surface area (Å²) in [5.41, 5.74) is 1.30. The van der Waals surface area contributed by atoms with Crippen LogP contribution in [-0.2, 0) is 4.79 Å². The van der Waals surface area contributed by atoms with Crippen LogP contribution in [0.1, 0.15) is 26.2 Å². The lowest BCUT2D eigenvalue weighted by Crippen LogP contribution is -2.43. The molecule has 0 spiro atoms. The van der Waals surface area contributed by atoms with Crippen molar-refractivity contribution >= 4 is 28.6 Å². The van der Waals surface area contributed by atoms with E-state index in [4.69, 9.17) is 4.98 Å². The van der Waals surface area contributed by atoms with E-state index in [0.717, 1.165) is 25.1 Å². The Morgan fingerprint density at radius 1 is 1.11 bits per heavy atom. The molecule has 1 aliphatic heterocycles. The number of para-hydroxylation sites is 2. The van der Waals surface area contributed by atoms with Crippen LogP contribution in [0.2, 0.25) is 0 Å². The van der Waals surface area contributed by atoms with Gasteiger partial charge in [-0.1, -0.05) is 42.1 Å². The van der Waals surface area contributed by atoms with E-state index < -0.39 is 0 Å². The van der Waals surface area contributed by atoms with E-state index in [0.29, 0.717) is 16.1 Å². The van der Waals surface area contributed by atoms with Crippen LogP contribution < -0.4 is 5.56 Å². The van der Waals surface area contributed by atoms with Crippen LogP contribution in [0.15, 0.2) is 64.5 Å². The normalized spacial score (nSPS) is 17.0. The van der Waals surface area contributed by atoms with E-state index in [1.165, 1.54) is 18.2 Å². The van der Waals surface area contributed by atoms with Gasteiger partial charge in [-0.25, -0.2) is 4.98 Å². The van der Waals surface area contributed by atoms with Crippen LogP contribution in [0.5, 0.6) is 0 Å². The molecule has 6 heteroatoms. The van der Waals surface area contributed by atoms with Crippen LogP contribution in [0.4, 0.5) is 0 Å². The average molecular weight is 394 g/mol. The highest BCUT2D eigenvalue weighted by molar-refractivity contribution is 7.99. The van der Waals surface area contributed by atoms with Gasteiger partial charge in [0.15, 0.2) is 5.16 Å². The molecule has 4 rings (SSSR count). The summed E-state index contributed by atoms with van der Waals surface area (Å²) in [7, 11) is 0. The minimum absolute atomic E-state index is 0.110. The van der Waals surface area contributed by atoms with Gasteiger partial charge in [-0.3, -0.25) is 14.2 Å². The van der Waals surface area contributed by atoms with Crippen LogP contribution in [0.25, 0.3) is 16.6 Å². The van der Waals surface area contributed by atoms with E-state index in [-0.39, 0.29) is 23.3 Å². The second kappa shape index (κ2) is 8.19. The van der Waals surface area contributed by atoms with E-state index in [1.807, 2.05) is 53.4 Å². The highest BCUT2D eigenvalue weighted by Crippen LogP contribution is 2.23. The summed E-state index contributed by atoms with van der Waals surface area (Å²) in [6, 6.07) is 17.1. The Morgan fingerprint density at radius 3 is 2.64 bits per heavy atom. The van der Waals surface area contributed by atoms with Gasteiger partial charge in [-0.15, -0.1) is 0 Å². The topological polar surface area (TPSA) is 55.2 Å². The molecule has 0 bridgehead atoms. The second-order valence-electron chi connectivity index (χ2n) is 7.11. The third-order valence-electron chi connectivity index (χ3n) is 5.21. The van der Waals surface area contributed by atoms with Crippen molar-refractivity contribution in [2.45, 2.75) is 37.4 Å². The summed E-state index contributed by atoms with van der Waals surface area (Å²) < 4.78 is 1.61. The lowest BCUT2D eigenvalue weighted by atomic mass is 10.0. The van der Waals surface area contributed by atoms with Gasteiger partial charge in [0.1, 0.15) is 0 Å². The molecule has 0 unspecified atom stereocenters. The van der Waals surface area contributed by atoms with E-state index >= 15 is 0 Å². The summed E-state index contributed by atoms with van der Waals surface area (Å²) in [4.78, 5) is 32.6. The average Bonchev–Trinajstić information content (AvgIpc) is 2.73. The molecule has 5 nitrogen and oxygen atoms in total. The number of piperidine rings is 1. The molecule has 1 aromatic heterocycles. The van der Waals surface area contributed by atoms with Gasteiger partial charge in [-0.2, -0.15) is 0 Å². The molecule has 28 heavy (non-hydrogen) atoms. The minimum atomic E-state index is -0.113. The molecule has 2 aromatic carbocycles. The summed E-state index contributed by atoms with van der Waals surface area (Å²) in [6.45, 7) is 2.92. The molecule has 3 aromatic rings. The van der Waals surface area contributed by atoms with Crippen LogP contribution in [0, 0.1) is 0 Å². The molecule has 0 N–H and O–H groups in total. The minimum Gasteiger partial charge on any atom is -0.339 e. The third-order valence-corrected chi connectivity index (χ3v) is 6.13. The Balaban J connectivity index is 1.69. The number of carbonyl (C=O) groups is 1. The van der Waals surface area contributed by atoms with Gasteiger partial charge in [-0.05, 0) is 50.5 Å². The third kappa shape index (κ3) is 3.69. The quantitative estimate of drug-likeness (QED) is 0.499. The Bertz CT molecular complexity index is 1050. The predicted molar refractivity (Wildman–Crippen MR) is 113 cm³/mol. The van der Waals surface area contributed by atoms with Crippen LogP contribution >= 0.6 is 11.8 Å². The van der Waals surface area contributed by atoms with Crippen molar-refractivity contribution in [2.24, 2.45) is 0 Å². The smallest absolute Gasteiger partial charge is 0.266 e. The molecule has 1 fully saturated rings. The molecular formula is C22H23N3O2S. The first-order chi connectivity index (χ1) is 13.6. The summed E-state index contributed by atoms with van der Waals surface area (Å²) in [5.74, 6) is 0.390. The fraction of sp³-hybridized carbons (Fsp3) is 0.318. The number of benzene rings is 2. The van der Waals surface area contributed by atoms with Crippen molar-refractivity contribution in [3.63, 3.8) is 0 Å². The maximum absolute atomic E-state index is 13.2. The van der Waals surface area contributed by atoms with Crippen LogP contribution in [-0.4, -0.2) is 38.7 Å². The lowest BCUT2D eigenvalue weighted by Gasteiger charge is -2.33. The number of likely N-dealkylation sites (tertiary alicyclic amines) is 1. The first-order valence-electron chi connectivity index (χ1n) is 9.64. The van der Waals surface area contributed by atoms with Gasteiger partial charge in [0.05, 0.1) is 22.3 Å². The van der Waals surface area contributed by atoms with Gasteiger partial charge >= 0.3 is 0 Å². The van der Waals surface area contributed by atoms with Crippen molar-refractivity contribution in [1.82, 2.24) is 14.5 Å². The van der Waals surface area contributed by atoms with Crippen molar-refractivity contribution in [3.05, 3.63) is 65.0 Å². The highest BCUT2D eigenvalue weighted by Gasteiger charge is 2.24. The first-order valence-corrected chi connectivity index (χ1v) is 10.6. The van der Waals surface area contributed by atoms with E-state index in [9.17, 15) is 9.59 Å². The highest BCUT2D eigenvalue weighted by atomic mass is 32.2. The molecule has 0 saturated carbocycles. The van der Waals surface area contributed by atoms with E-state index in [2.05, 4.69) is 6.92 Å². The molecule has 0 radical (unpaired) electrons. The van der Waals surface area contributed by atoms with Crippen molar-refractivity contribution in [1.29, 1.82) is 0 Å². The van der Waals surface area contributed by atoms with Crippen molar-refractivity contribution in [2.75, 3.05) is 12.3 Å². The summed E-state index contributed by atoms with van der Waals surface area (Å²) in [5, 5.41) is 1.12. The predicted octanol–water partition coefficient (Wildman–Crippen LogP) is 3.88. The number of aromatic nitrogens is 2. The second-order valence-corrected chi connectivity index (χ2v) is 8.05. The number of carbonyl (C=O) groups excluding carboxylic acids is 1. The Labute approximate surface area is 168 Å². The number of amides is 1. The van der Waals surface area contributed by atoms with Gasteiger partial charge in [0.2, 0.25) is 5.91 Å². The molecule has 2 heterocycles. The fourth-order valence-electron chi connectivity index (χ4n) is 3.69. The number of nitrogens with zero attached hydrogens (tertiary/aromatic N) is 3. The fourth-order valence-corrected chi connectivity index (χ4v) is 4.59. The summed E-state index contributed by atoms with van der Waals surface area (Å²) in [6.07, 6.45) is 3.29. The van der Waals surface area contributed by atoms with Crippen LogP contribution in [0.3, 0.4) is 0 Å². The van der Waals surface area contributed by atoms with E-state index in [1.54, 1.807) is 10.6 Å². The largest absolute Gasteiger partial charge is 0.339 e. The number of hydrogen-bond acceptors (Lipinski definition) is 4. The maximum atomic E-state index is 13.2. The molecule has 1 amide bonds. The number of rotatable bonds is 4. The standard InChI is InChI=1S/C22H23N3O2S/c1-16-9-7-8-14-24(16)20(26)15-28-22-23-19-13-6-5-12-18(19)21(27)25(22)17-10-3-2-4-11-17/h2-6,10-13,16H,7-9,14-15H2,1H3/t16-/m0/s1. The SMILES string of the molecule is C[C@H]1CCCCN1C(=O)CSc1nc2ccccc2c(=O)n1-c1ccccc1. The number of hydrogen-bond donors (Lipinski definition) is 0. The summed E-state index contributed by atoms with van der Waals surface area (Å²) >= 11 is 1.34. The number of fused-ring (bicyclic) bond motifs is 1. The Hall–Kier alpha value is -2.60. The Morgan fingerprint density at radius 2 is 1.86 bits per heavy atom. The maximum Gasteiger partial charge on any atom is 0.266 e. The number of thioether (sulfide) groups is 1. The Kier molecular flexibility index (Phi) is 5.48. The molecule has 1 aliphatic rings. The molecular weight excluding hydrogens is 370 g/mol.